The lowest BCUT2D eigenvalue weighted by Crippen LogP contribution is -2.57. The Hall–Kier alpha value is -3.36. The second-order valence-electron chi connectivity index (χ2n) is 9.83. The van der Waals surface area contributed by atoms with Crippen molar-refractivity contribution in [3.05, 3.63) is 72.3 Å². The van der Waals surface area contributed by atoms with Crippen molar-refractivity contribution in [2.75, 3.05) is 0 Å². The Bertz CT molecular complexity index is 1310. The van der Waals surface area contributed by atoms with E-state index >= 15 is 0 Å². The number of benzene rings is 2. The molecule has 0 bridgehead atoms. The van der Waals surface area contributed by atoms with Crippen LogP contribution in [0.25, 0.3) is 0 Å². The maximum absolute atomic E-state index is 13.5. The van der Waals surface area contributed by atoms with Crippen LogP contribution in [-0.2, 0) is 12.8 Å². The van der Waals surface area contributed by atoms with E-state index in [0.717, 1.165) is 13.8 Å². The molecular formula is C28H26F12N2O. The second-order valence-corrected chi connectivity index (χ2v) is 9.83. The summed E-state index contributed by atoms with van der Waals surface area (Å²) in [6.45, 7) is 4.64. The van der Waals surface area contributed by atoms with Crippen molar-refractivity contribution < 1.29 is 57.8 Å². The van der Waals surface area contributed by atoms with Gasteiger partial charge in [0.25, 0.3) is 5.60 Å². The highest BCUT2D eigenvalue weighted by molar-refractivity contribution is 5.86. The van der Waals surface area contributed by atoms with Gasteiger partial charge in [-0.05, 0) is 49.9 Å². The minimum Gasteiger partial charge on any atom is -0.373 e. The van der Waals surface area contributed by atoms with Crippen LogP contribution in [0.1, 0.15) is 37.8 Å². The third kappa shape index (κ3) is 7.98. The van der Waals surface area contributed by atoms with Gasteiger partial charge in [0.1, 0.15) is 0 Å². The summed E-state index contributed by atoms with van der Waals surface area (Å²) >= 11 is 0. The molecule has 0 spiro atoms. The van der Waals surface area contributed by atoms with Gasteiger partial charge in [0, 0.05) is 24.3 Å². The molecule has 0 aliphatic heterocycles. The number of hydrogen-bond acceptors (Lipinski definition) is 3. The number of aryl methyl sites for hydroxylation is 2. The molecule has 0 amide bonds. The minimum absolute atomic E-state index is 0.00465. The van der Waals surface area contributed by atoms with Crippen LogP contribution in [0.2, 0.25) is 0 Å². The van der Waals surface area contributed by atoms with Gasteiger partial charge in [-0.1, -0.05) is 42.5 Å². The van der Waals surface area contributed by atoms with Crippen molar-refractivity contribution >= 4 is 22.8 Å². The zero-order valence-corrected chi connectivity index (χ0v) is 22.6. The molecule has 0 saturated carbocycles. The third-order valence-corrected chi connectivity index (χ3v) is 6.61. The summed E-state index contributed by atoms with van der Waals surface area (Å²) < 4.78 is 160. The standard InChI is InChI=1S/C28H26F12N2O/c1-4-23(25(29,30)31,26(32,33)34)15-17(2)41-21-11-7-5-9-19(21)13-14-20-10-6-8-12-22(20)42-18(3)16-24(43,27(35,36)37)28(38,39)40/h4-12,43H,1,13-16H2,2-3H3/b41-17+,42-18+. The first-order valence-corrected chi connectivity index (χ1v) is 12.4. The molecule has 0 saturated heterocycles. The number of para-hydroxylation sites is 2. The third-order valence-electron chi connectivity index (χ3n) is 6.61. The summed E-state index contributed by atoms with van der Waals surface area (Å²) in [6, 6.07) is 11.6. The molecule has 2 aromatic rings. The summed E-state index contributed by atoms with van der Waals surface area (Å²) in [7, 11) is 0. The number of alkyl halides is 12. The fraction of sp³-hybridized carbons (Fsp3) is 0.429. The number of rotatable bonds is 10. The molecule has 15 heteroatoms. The van der Waals surface area contributed by atoms with Gasteiger partial charge in [0.2, 0.25) is 0 Å². The predicted octanol–water partition coefficient (Wildman–Crippen LogP) is 9.59. The second kappa shape index (κ2) is 12.7. The van der Waals surface area contributed by atoms with E-state index in [1.165, 1.54) is 48.5 Å². The summed E-state index contributed by atoms with van der Waals surface area (Å²) in [5.41, 5.74) is -9.66. The smallest absolute Gasteiger partial charge is 0.373 e. The maximum Gasteiger partial charge on any atom is 0.426 e. The summed E-state index contributed by atoms with van der Waals surface area (Å²) in [5.74, 6) is 0. The number of aliphatic imine (C=N–C) groups is 2. The van der Waals surface area contributed by atoms with Crippen LogP contribution < -0.4 is 0 Å². The summed E-state index contributed by atoms with van der Waals surface area (Å²) in [4.78, 5) is 7.85. The molecule has 0 atom stereocenters. The molecular weight excluding hydrogens is 608 g/mol. The van der Waals surface area contributed by atoms with Crippen molar-refractivity contribution in [1.29, 1.82) is 0 Å². The van der Waals surface area contributed by atoms with Gasteiger partial charge < -0.3 is 5.11 Å². The van der Waals surface area contributed by atoms with Crippen LogP contribution in [0.15, 0.2) is 71.2 Å². The molecule has 2 rings (SSSR count). The molecule has 2 aromatic carbocycles. The molecule has 43 heavy (non-hydrogen) atoms. The lowest BCUT2D eigenvalue weighted by atomic mass is 9.81. The molecule has 0 aliphatic rings. The Morgan fingerprint density at radius 3 is 1.30 bits per heavy atom. The zero-order chi connectivity index (χ0) is 33.1. The number of halogens is 12. The van der Waals surface area contributed by atoms with Crippen molar-refractivity contribution in [3.63, 3.8) is 0 Å². The van der Waals surface area contributed by atoms with Crippen LogP contribution in [0.4, 0.5) is 64.1 Å². The maximum atomic E-state index is 13.5. The fourth-order valence-corrected chi connectivity index (χ4v) is 4.22. The molecule has 0 radical (unpaired) electrons. The topological polar surface area (TPSA) is 45.0 Å². The fourth-order valence-electron chi connectivity index (χ4n) is 4.22. The number of allylic oxidation sites excluding steroid dienone is 1. The average Bonchev–Trinajstić information content (AvgIpc) is 2.84. The highest BCUT2D eigenvalue weighted by Gasteiger charge is 2.70. The van der Waals surface area contributed by atoms with Gasteiger partial charge in [0.05, 0.1) is 11.4 Å². The zero-order valence-electron chi connectivity index (χ0n) is 22.6. The van der Waals surface area contributed by atoms with Crippen LogP contribution >= 0.6 is 0 Å². The quantitative estimate of drug-likeness (QED) is 0.158. The van der Waals surface area contributed by atoms with Crippen molar-refractivity contribution in [1.82, 2.24) is 0 Å². The van der Waals surface area contributed by atoms with Crippen LogP contribution in [0.5, 0.6) is 0 Å². The van der Waals surface area contributed by atoms with Crippen molar-refractivity contribution in [3.8, 4) is 0 Å². The van der Waals surface area contributed by atoms with Gasteiger partial charge >= 0.3 is 24.7 Å². The van der Waals surface area contributed by atoms with Crippen LogP contribution in [-0.4, -0.2) is 46.8 Å². The summed E-state index contributed by atoms with van der Waals surface area (Å²) in [6.07, 6.45) is -27.0. The average molecular weight is 635 g/mol. The van der Waals surface area contributed by atoms with Gasteiger partial charge in [-0.2, -0.15) is 52.7 Å². The largest absolute Gasteiger partial charge is 0.426 e. The Morgan fingerprint density at radius 1 is 0.628 bits per heavy atom. The SMILES string of the molecule is C=CC(C/C(C)=N/c1ccccc1CCc1ccccc1/N=C(\C)CC(O)(C(F)(F)F)C(F)(F)F)(C(F)(F)F)C(F)(F)F. The Labute approximate surface area is 238 Å². The first-order valence-electron chi connectivity index (χ1n) is 12.4. The Morgan fingerprint density at radius 2 is 0.977 bits per heavy atom. The normalized spacial score (nSPS) is 14.7. The van der Waals surface area contributed by atoms with Crippen molar-refractivity contribution in [2.45, 2.75) is 69.8 Å². The Kier molecular flexibility index (Phi) is 10.6. The minimum atomic E-state index is -6.03. The van der Waals surface area contributed by atoms with Gasteiger partial charge in [-0.15, -0.1) is 6.58 Å². The predicted molar refractivity (Wildman–Crippen MR) is 137 cm³/mol. The van der Waals surface area contributed by atoms with E-state index < -0.39 is 60.0 Å². The van der Waals surface area contributed by atoms with E-state index in [0.29, 0.717) is 11.1 Å². The molecule has 238 valence electrons. The number of aliphatic hydroxyl groups is 1. The molecule has 0 unspecified atom stereocenters. The van der Waals surface area contributed by atoms with Crippen LogP contribution in [0, 0.1) is 5.41 Å². The molecule has 0 heterocycles. The molecule has 0 aliphatic carbocycles. The first kappa shape index (κ1) is 35.8. The van der Waals surface area contributed by atoms with Crippen molar-refractivity contribution in [2.24, 2.45) is 15.4 Å². The molecule has 1 N–H and O–H groups in total. The van der Waals surface area contributed by atoms with Crippen LogP contribution in [0.3, 0.4) is 0 Å². The van der Waals surface area contributed by atoms with Gasteiger partial charge in [-0.3, -0.25) is 9.98 Å². The highest BCUT2D eigenvalue weighted by Crippen LogP contribution is 2.54. The monoisotopic (exact) mass is 634 g/mol. The number of nitrogens with zero attached hydrogens (tertiary/aromatic N) is 2. The van der Waals surface area contributed by atoms with E-state index in [1.807, 2.05) is 0 Å². The lowest BCUT2D eigenvalue weighted by Gasteiger charge is -2.34. The molecule has 3 nitrogen and oxygen atoms in total. The van der Waals surface area contributed by atoms with E-state index in [9.17, 15) is 57.8 Å². The van der Waals surface area contributed by atoms with E-state index in [-0.39, 0.29) is 30.3 Å². The van der Waals surface area contributed by atoms with Gasteiger partial charge in [0.15, 0.2) is 5.41 Å². The highest BCUT2D eigenvalue weighted by atomic mass is 19.4. The summed E-state index contributed by atoms with van der Waals surface area (Å²) in [5, 5.41) is 9.46. The van der Waals surface area contributed by atoms with E-state index in [4.69, 9.17) is 0 Å². The van der Waals surface area contributed by atoms with Gasteiger partial charge in [-0.25, -0.2) is 0 Å². The first-order chi connectivity index (χ1) is 19.5. The lowest BCUT2D eigenvalue weighted by molar-refractivity contribution is -0.365. The molecule has 0 fully saturated rings. The van der Waals surface area contributed by atoms with E-state index in [2.05, 4.69) is 16.6 Å². The number of hydrogen-bond donors (Lipinski definition) is 1. The Balaban J connectivity index is 2.37. The van der Waals surface area contributed by atoms with E-state index in [1.54, 1.807) is 0 Å². The molecule has 0 aromatic heterocycles.